The van der Waals surface area contributed by atoms with E-state index in [4.69, 9.17) is 12.2 Å². The van der Waals surface area contributed by atoms with Gasteiger partial charge >= 0.3 is 6.18 Å². The van der Waals surface area contributed by atoms with Crippen LogP contribution in [-0.4, -0.2) is 22.0 Å². The van der Waals surface area contributed by atoms with Gasteiger partial charge < -0.3 is 5.32 Å². The second-order valence-electron chi connectivity index (χ2n) is 4.39. The van der Waals surface area contributed by atoms with Gasteiger partial charge in [0, 0.05) is 0 Å². The van der Waals surface area contributed by atoms with Crippen molar-refractivity contribution in [3.8, 4) is 0 Å². The third kappa shape index (κ3) is 2.74. The quantitative estimate of drug-likeness (QED) is 0.673. The predicted molar refractivity (Wildman–Crippen MR) is 67.1 cm³/mol. The lowest BCUT2D eigenvalue weighted by Crippen LogP contribution is -2.31. The zero-order chi connectivity index (χ0) is 15.1. The Morgan fingerprint density at radius 1 is 1.40 bits per heavy atom. The monoisotopic (exact) mass is 306 g/mol. The molecular weight excluding hydrogens is 296 g/mol. The summed E-state index contributed by atoms with van der Waals surface area (Å²) in [4.78, 5) is 12.8. The Kier molecular flexibility index (Phi) is 3.68. The van der Waals surface area contributed by atoms with Gasteiger partial charge in [-0.05, 0) is 36.8 Å². The maximum absolute atomic E-state index is 13.0. The number of rotatable bonds is 2. The standard InChI is InChI=1S/C12H10F4N2OS/c1-6-10(19)18(11(20)17-6)5-7-2-3-8(13)4-9(7)12(14,15)16/h2-4,6H,5H2,1H3,(H,17,20). The molecular formula is C12H10F4N2OS. The largest absolute Gasteiger partial charge is 0.416 e. The van der Waals surface area contributed by atoms with E-state index in [2.05, 4.69) is 5.32 Å². The van der Waals surface area contributed by atoms with Gasteiger partial charge in [-0.15, -0.1) is 0 Å². The van der Waals surface area contributed by atoms with E-state index in [1.54, 1.807) is 6.92 Å². The molecule has 0 aromatic heterocycles. The molecule has 1 amide bonds. The van der Waals surface area contributed by atoms with Gasteiger partial charge in [0.05, 0.1) is 12.1 Å². The number of carbonyl (C=O) groups excluding carboxylic acids is 1. The number of nitrogens with one attached hydrogen (secondary N) is 1. The number of carbonyl (C=O) groups is 1. The van der Waals surface area contributed by atoms with E-state index in [9.17, 15) is 22.4 Å². The van der Waals surface area contributed by atoms with Crippen LogP contribution in [0.15, 0.2) is 18.2 Å². The molecule has 1 aliphatic heterocycles. The summed E-state index contributed by atoms with van der Waals surface area (Å²) in [6.45, 7) is 1.22. The normalized spacial score (nSPS) is 19.4. The molecule has 1 unspecified atom stereocenters. The van der Waals surface area contributed by atoms with Crippen molar-refractivity contribution in [2.75, 3.05) is 0 Å². The molecule has 0 bridgehead atoms. The molecule has 3 nitrogen and oxygen atoms in total. The molecule has 8 heteroatoms. The molecule has 1 aromatic rings. The molecule has 1 atom stereocenters. The number of amides is 1. The second-order valence-corrected chi connectivity index (χ2v) is 4.78. The Balaban J connectivity index is 2.35. The van der Waals surface area contributed by atoms with Gasteiger partial charge in [0.15, 0.2) is 5.11 Å². The van der Waals surface area contributed by atoms with Crippen molar-refractivity contribution in [2.45, 2.75) is 25.7 Å². The van der Waals surface area contributed by atoms with E-state index in [1.165, 1.54) is 0 Å². The van der Waals surface area contributed by atoms with Gasteiger partial charge in [0.2, 0.25) is 0 Å². The molecule has 2 rings (SSSR count). The fraction of sp³-hybridized carbons (Fsp3) is 0.333. The molecule has 0 saturated carbocycles. The zero-order valence-electron chi connectivity index (χ0n) is 10.3. The highest BCUT2D eigenvalue weighted by molar-refractivity contribution is 7.80. The van der Waals surface area contributed by atoms with E-state index >= 15 is 0 Å². The Labute approximate surface area is 117 Å². The molecule has 0 radical (unpaired) electrons. The van der Waals surface area contributed by atoms with Crippen LogP contribution in [-0.2, 0) is 17.5 Å². The van der Waals surface area contributed by atoms with Crippen molar-refractivity contribution in [3.05, 3.63) is 35.1 Å². The molecule has 1 saturated heterocycles. The van der Waals surface area contributed by atoms with Crippen LogP contribution >= 0.6 is 12.2 Å². The number of nitrogens with zero attached hydrogens (tertiary/aromatic N) is 1. The molecule has 20 heavy (non-hydrogen) atoms. The average molecular weight is 306 g/mol. The minimum atomic E-state index is -4.69. The Morgan fingerprint density at radius 3 is 2.55 bits per heavy atom. The predicted octanol–water partition coefficient (Wildman–Crippen LogP) is 2.45. The van der Waals surface area contributed by atoms with Gasteiger partial charge in [0.1, 0.15) is 11.9 Å². The summed E-state index contributed by atoms with van der Waals surface area (Å²) in [5.74, 6) is -1.39. The zero-order valence-corrected chi connectivity index (χ0v) is 11.1. The van der Waals surface area contributed by atoms with E-state index in [0.717, 1.165) is 17.0 Å². The number of benzene rings is 1. The van der Waals surface area contributed by atoms with Gasteiger partial charge in [-0.2, -0.15) is 13.2 Å². The van der Waals surface area contributed by atoms with E-state index in [-0.39, 0.29) is 17.2 Å². The van der Waals surface area contributed by atoms with E-state index < -0.39 is 29.5 Å². The van der Waals surface area contributed by atoms with Crippen LogP contribution in [0.25, 0.3) is 0 Å². The summed E-state index contributed by atoms with van der Waals surface area (Å²) in [6, 6.07) is 1.77. The highest BCUT2D eigenvalue weighted by Gasteiger charge is 2.37. The van der Waals surface area contributed by atoms with Gasteiger partial charge in [0.25, 0.3) is 5.91 Å². The maximum atomic E-state index is 13.0. The van der Waals surface area contributed by atoms with Crippen LogP contribution in [0, 0.1) is 5.82 Å². The first-order valence-electron chi connectivity index (χ1n) is 5.67. The van der Waals surface area contributed by atoms with Crippen LogP contribution in [0.3, 0.4) is 0 Å². The summed E-state index contributed by atoms with van der Waals surface area (Å²) in [7, 11) is 0. The van der Waals surface area contributed by atoms with Crippen LogP contribution in [0.2, 0.25) is 0 Å². The van der Waals surface area contributed by atoms with Gasteiger partial charge in [-0.1, -0.05) is 6.07 Å². The lowest BCUT2D eigenvalue weighted by atomic mass is 10.1. The summed E-state index contributed by atoms with van der Waals surface area (Å²) in [6.07, 6.45) is -4.69. The first-order chi connectivity index (χ1) is 9.20. The van der Waals surface area contributed by atoms with E-state index in [0.29, 0.717) is 6.07 Å². The fourth-order valence-corrected chi connectivity index (χ4v) is 2.26. The van der Waals surface area contributed by atoms with Crippen molar-refractivity contribution < 1.29 is 22.4 Å². The van der Waals surface area contributed by atoms with Gasteiger partial charge in [-0.25, -0.2) is 4.39 Å². The summed E-state index contributed by atoms with van der Waals surface area (Å²) in [5, 5.41) is 2.73. The SMILES string of the molecule is CC1NC(=S)N(Cc2ccc(F)cc2C(F)(F)F)C1=O. The molecule has 0 spiro atoms. The van der Waals surface area contributed by atoms with E-state index in [1.807, 2.05) is 0 Å². The topological polar surface area (TPSA) is 32.3 Å². The Bertz CT molecular complexity index is 573. The van der Waals surface area contributed by atoms with Crippen molar-refractivity contribution in [1.82, 2.24) is 10.2 Å². The highest BCUT2D eigenvalue weighted by Crippen LogP contribution is 2.33. The summed E-state index contributed by atoms with van der Waals surface area (Å²) >= 11 is 4.89. The molecule has 1 fully saturated rings. The molecule has 1 N–H and O–H groups in total. The van der Waals surface area contributed by atoms with Crippen molar-refractivity contribution in [3.63, 3.8) is 0 Å². The summed E-state index contributed by atoms with van der Waals surface area (Å²) in [5.41, 5.74) is -1.31. The number of halogens is 4. The lowest BCUT2D eigenvalue weighted by Gasteiger charge is -2.18. The van der Waals surface area contributed by atoms with Crippen LogP contribution in [0.1, 0.15) is 18.1 Å². The highest BCUT2D eigenvalue weighted by atomic mass is 32.1. The summed E-state index contributed by atoms with van der Waals surface area (Å²) < 4.78 is 51.6. The number of alkyl halides is 3. The minimum Gasteiger partial charge on any atom is -0.351 e. The third-order valence-electron chi connectivity index (χ3n) is 2.93. The van der Waals surface area contributed by atoms with Gasteiger partial charge in [-0.3, -0.25) is 9.69 Å². The smallest absolute Gasteiger partial charge is 0.351 e. The molecule has 108 valence electrons. The van der Waals surface area contributed by atoms with Crippen molar-refractivity contribution in [2.24, 2.45) is 0 Å². The van der Waals surface area contributed by atoms with Crippen LogP contribution in [0.5, 0.6) is 0 Å². The van der Waals surface area contributed by atoms with Crippen molar-refractivity contribution >= 4 is 23.2 Å². The lowest BCUT2D eigenvalue weighted by molar-refractivity contribution is -0.139. The number of hydrogen-bond acceptors (Lipinski definition) is 2. The van der Waals surface area contributed by atoms with Crippen molar-refractivity contribution in [1.29, 1.82) is 0 Å². The fourth-order valence-electron chi connectivity index (χ4n) is 1.93. The molecule has 1 aliphatic rings. The second kappa shape index (κ2) is 5.01. The minimum absolute atomic E-state index is 0.0694. The number of hydrogen-bond donors (Lipinski definition) is 1. The van der Waals surface area contributed by atoms with Crippen LogP contribution < -0.4 is 5.32 Å². The Morgan fingerprint density at radius 2 is 2.05 bits per heavy atom. The van der Waals surface area contributed by atoms with Crippen LogP contribution in [0.4, 0.5) is 17.6 Å². The third-order valence-corrected chi connectivity index (χ3v) is 3.27. The average Bonchev–Trinajstić information content (AvgIpc) is 2.56. The maximum Gasteiger partial charge on any atom is 0.416 e. The molecule has 1 heterocycles. The Hall–Kier alpha value is -1.70. The number of thiocarbonyl (C=S) groups is 1. The first kappa shape index (κ1) is 14.7. The first-order valence-corrected chi connectivity index (χ1v) is 6.08. The molecule has 0 aliphatic carbocycles. The molecule has 1 aromatic carbocycles.